The molecular weight excluding hydrogens is 369 g/mol. The number of hydrogen-bond donors (Lipinski definition) is 1. The number of carbonyl (C=O) groups is 1. The van der Waals surface area contributed by atoms with E-state index in [4.69, 9.17) is 5.73 Å². The molecule has 150 valence electrons. The van der Waals surface area contributed by atoms with E-state index >= 15 is 0 Å². The molecule has 0 radical (unpaired) electrons. The number of Topliss-reactive ketones (excluding diaryl/α,β-unsaturated/α-hetero) is 1. The second kappa shape index (κ2) is 8.21. The minimum absolute atomic E-state index is 0.0340. The van der Waals surface area contributed by atoms with Crippen LogP contribution in [0.1, 0.15) is 36.0 Å². The normalized spacial score (nSPS) is 15.7. The van der Waals surface area contributed by atoms with Crippen LogP contribution in [-0.2, 0) is 0 Å². The molecule has 0 saturated carbocycles. The van der Waals surface area contributed by atoms with Gasteiger partial charge in [0, 0.05) is 17.5 Å². The molecule has 0 aliphatic carbocycles. The highest BCUT2D eigenvalue weighted by Gasteiger charge is 2.19. The van der Waals surface area contributed by atoms with E-state index in [1.807, 2.05) is 0 Å². The number of hydrogen-bond acceptors (Lipinski definition) is 6. The number of rotatable bonds is 5. The van der Waals surface area contributed by atoms with E-state index < -0.39 is 5.82 Å². The molecule has 6 nitrogen and oxygen atoms in total. The van der Waals surface area contributed by atoms with Crippen LogP contribution in [0.3, 0.4) is 0 Å². The zero-order valence-corrected chi connectivity index (χ0v) is 16.4. The summed E-state index contributed by atoms with van der Waals surface area (Å²) >= 11 is 0. The molecule has 29 heavy (non-hydrogen) atoms. The maximum Gasteiger partial charge on any atom is 0.163 e. The van der Waals surface area contributed by atoms with Gasteiger partial charge in [-0.3, -0.25) is 4.79 Å². The van der Waals surface area contributed by atoms with Gasteiger partial charge in [0.2, 0.25) is 0 Å². The zero-order valence-electron chi connectivity index (χ0n) is 16.4. The van der Waals surface area contributed by atoms with Gasteiger partial charge in [-0.05, 0) is 75.6 Å². The lowest BCUT2D eigenvalue weighted by Gasteiger charge is -2.28. The number of piperidine rings is 1. The van der Waals surface area contributed by atoms with Gasteiger partial charge in [-0.2, -0.15) is 0 Å². The van der Waals surface area contributed by atoms with Gasteiger partial charge >= 0.3 is 0 Å². The highest BCUT2D eigenvalue weighted by molar-refractivity contribution is 5.97. The summed E-state index contributed by atoms with van der Waals surface area (Å²) < 4.78 is 14.3. The third-order valence-electron chi connectivity index (χ3n) is 5.64. The summed E-state index contributed by atoms with van der Waals surface area (Å²) in [6, 6.07) is 7.90. The topological polar surface area (TPSA) is 85.0 Å². The third-order valence-corrected chi connectivity index (χ3v) is 5.64. The Labute approximate surface area is 169 Å². The Morgan fingerprint density at radius 3 is 2.79 bits per heavy atom. The van der Waals surface area contributed by atoms with Crippen molar-refractivity contribution in [2.24, 2.45) is 5.92 Å². The molecule has 1 aromatic carbocycles. The van der Waals surface area contributed by atoms with Gasteiger partial charge in [0.1, 0.15) is 17.7 Å². The fourth-order valence-corrected chi connectivity index (χ4v) is 3.85. The molecule has 3 heterocycles. The van der Waals surface area contributed by atoms with Crippen molar-refractivity contribution in [2.75, 3.05) is 25.9 Å². The van der Waals surface area contributed by atoms with Crippen molar-refractivity contribution in [3.8, 4) is 11.3 Å². The summed E-state index contributed by atoms with van der Waals surface area (Å²) in [5.41, 5.74) is 8.42. The van der Waals surface area contributed by atoms with Gasteiger partial charge in [0.25, 0.3) is 0 Å². The molecule has 7 heteroatoms. The first-order chi connectivity index (χ1) is 14.0. The number of pyridine rings is 1. The van der Waals surface area contributed by atoms with Crippen LogP contribution in [-0.4, -0.2) is 45.8 Å². The summed E-state index contributed by atoms with van der Waals surface area (Å²) in [6.07, 6.45) is 4.89. The molecule has 1 saturated heterocycles. The number of benzene rings is 1. The van der Waals surface area contributed by atoms with Gasteiger partial charge in [-0.25, -0.2) is 19.3 Å². The molecule has 1 aliphatic rings. The molecule has 2 N–H and O–H groups in total. The van der Waals surface area contributed by atoms with E-state index in [-0.39, 0.29) is 11.6 Å². The summed E-state index contributed by atoms with van der Waals surface area (Å²) in [4.78, 5) is 27.6. The molecule has 0 atom stereocenters. The SMILES string of the molecule is CN1CCC(CCC(=O)c2cc(F)cc(-c3ccc4ncnc(N)c4n3)c2)CC1. The van der Waals surface area contributed by atoms with Crippen molar-refractivity contribution >= 4 is 22.6 Å². The number of carbonyl (C=O) groups excluding carboxylic acids is 1. The number of anilines is 1. The number of ketones is 1. The minimum atomic E-state index is -0.454. The third kappa shape index (κ3) is 4.40. The molecule has 0 unspecified atom stereocenters. The molecule has 4 rings (SSSR count). The van der Waals surface area contributed by atoms with E-state index in [0.29, 0.717) is 40.2 Å². The average Bonchev–Trinajstić information content (AvgIpc) is 2.73. The van der Waals surface area contributed by atoms with Crippen LogP contribution in [0.2, 0.25) is 0 Å². The number of fused-ring (bicyclic) bond motifs is 1. The van der Waals surface area contributed by atoms with E-state index in [2.05, 4.69) is 26.9 Å². The maximum atomic E-state index is 14.3. The molecule has 1 aliphatic heterocycles. The van der Waals surface area contributed by atoms with Crippen LogP contribution in [0.15, 0.2) is 36.7 Å². The summed E-state index contributed by atoms with van der Waals surface area (Å²) in [7, 11) is 2.12. The first kappa shape index (κ1) is 19.4. The van der Waals surface area contributed by atoms with Crippen molar-refractivity contribution in [1.29, 1.82) is 0 Å². The lowest BCUT2D eigenvalue weighted by Crippen LogP contribution is -2.30. The van der Waals surface area contributed by atoms with Crippen LogP contribution in [0, 0.1) is 11.7 Å². The van der Waals surface area contributed by atoms with Gasteiger partial charge in [-0.1, -0.05) is 0 Å². The van der Waals surface area contributed by atoms with Crippen molar-refractivity contribution < 1.29 is 9.18 Å². The smallest absolute Gasteiger partial charge is 0.163 e. The molecule has 0 spiro atoms. The predicted molar refractivity (Wildman–Crippen MR) is 111 cm³/mol. The number of nitrogens with two attached hydrogens (primary N) is 1. The van der Waals surface area contributed by atoms with Gasteiger partial charge in [0.05, 0.1) is 11.2 Å². The number of aromatic nitrogens is 3. The quantitative estimate of drug-likeness (QED) is 0.665. The van der Waals surface area contributed by atoms with Crippen LogP contribution in [0.4, 0.5) is 10.2 Å². The van der Waals surface area contributed by atoms with E-state index in [9.17, 15) is 9.18 Å². The standard InChI is InChI=1S/C22H24FN5O/c1-28-8-6-14(7-9-28)2-5-20(29)16-10-15(11-17(23)12-16)18-3-4-19-21(27-18)22(24)26-13-25-19/h3-4,10-14H,2,5-9H2,1H3,(H2,24,25,26). The van der Waals surface area contributed by atoms with Crippen LogP contribution in [0.25, 0.3) is 22.3 Å². The Kier molecular flexibility index (Phi) is 5.49. The van der Waals surface area contributed by atoms with Gasteiger partial charge < -0.3 is 10.6 Å². The van der Waals surface area contributed by atoms with Crippen LogP contribution < -0.4 is 5.73 Å². The number of nitrogens with zero attached hydrogens (tertiary/aromatic N) is 4. The van der Waals surface area contributed by atoms with Crippen LogP contribution >= 0.6 is 0 Å². The maximum absolute atomic E-state index is 14.3. The van der Waals surface area contributed by atoms with E-state index in [1.165, 1.54) is 18.5 Å². The zero-order chi connectivity index (χ0) is 20.4. The van der Waals surface area contributed by atoms with Crippen molar-refractivity contribution in [2.45, 2.75) is 25.7 Å². The fraction of sp³-hybridized carbons (Fsp3) is 0.364. The van der Waals surface area contributed by atoms with Crippen molar-refractivity contribution in [3.05, 3.63) is 48.0 Å². The molecule has 3 aromatic rings. The largest absolute Gasteiger partial charge is 0.382 e. The van der Waals surface area contributed by atoms with Crippen molar-refractivity contribution in [1.82, 2.24) is 19.9 Å². The molecular formula is C22H24FN5O. The Bertz CT molecular complexity index is 1050. The van der Waals surface area contributed by atoms with Gasteiger partial charge in [0.15, 0.2) is 11.6 Å². The minimum Gasteiger partial charge on any atom is -0.382 e. The highest BCUT2D eigenvalue weighted by atomic mass is 19.1. The summed E-state index contributed by atoms with van der Waals surface area (Å²) in [5.74, 6) is 0.341. The second-order valence-corrected chi connectivity index (χ2v) is 7.76. The first-order valence-electron chi connectivity index (χ1n) is 9.89. The molecule has 0 amide bonds. The lowest BCUT2D eigenvalue weighted by atomic mass is 9.90. The Morgan fingerprint density at radius 2 is 2.00 bits per heavy atom. The molecule has 1 fully saturated rings. The summed E-state index contributed by atoms with van der Waals surface area (Å²) in [6.45, 7) is 2.15. The lowest BCUT2D eigenvalue weighted by molar-refractivity contribution is 0.0965. The average molecular weight is 393 g/mol. The Hall–Kier alpha value is -2.93. The predicted octanol–water partition coefficient (Wildman–Crippen LogP) is 3.72. The summed E-state index contributed by atoms with van der Waals surface area (Å²) in [5, 5.41) is 0. The number of nitrogen functional groups attached to an aromatic ring is 1. The van der Waals surface area contributed by atoms with Crippen LogP contribution in [0.5, 0.6) is 0 Å². The van der Waals surface area contributed by atoms with E-state index in [1.54, 1.807) is 18.2 Å². The first-order valence-corrected chi connectivity index (χ1v) is 9.89. The number of halogens is 1. The number of likely N-dealkylation sites (tertiary alicyclic amines) is 1. The fourth-order valence-electron chi connectivity index (χ4n) is 3.85. The molecule has 2 aromatic heterocycles. The monoisotopic (exact) mass is 393 g/mol. The molecule has 0 bridgehead atoms. The Morgan fingerprint density at radius 1 is 1.21 bits per heavy atom. The Balaban J connectivity index is 1.54. The van der Waals surface area contributed by atoms with Crippen molar-refractivity contribution in [3.63, 3.8) is 0 Å². The van der Waals surface area contributed by atoms with E-state index in [0.717, 1.165) is 32.4 Å². The second-order valence-electron chi connectivity index (χ2n) is 7.76. The van der Waals surface area contributed by atoms with Gasteiger partial charge in [-0.15, -0.1) is 0 Å². The highest BCUT2D eigenvalue weighted by Crippen LogP contribution is 2.26.